The monoisotopic (exact) mass is 364 g/mol. The van der Waals surface area contributed by atoms with Gasteiger partial charge >= 0.3 is 0 Å². The molecule has 0 bridgehead atoms. The van der Waals surface area contributed by atoms with Crippen molar-refractivity contribution in [3.05, 3.63) is 11.6 Å². The maximum absolute atomic E-state index is 12.4. The summed E-state index contributed by atoms with van der Waals surface area (Å²) in [5.74, 6) is 2.67. The van der Waals surface area contributed by atoms with Crippen LogP contribution in [0.2, 0.25) is 0 Å². The molecule has 0 spiro atoms. The van der Waals surface area contributed by atoms with E-state index in [0.717, 1.165) is 38.5 Å². The minimum atomic E-state index is -0.0596. The first-order chi connectivity index (χ1) is 10.4. The maximum atomic E-state index is 12.4. The number of alkyl halides is 1. The van der Waals surface area contributed by atoms with Crippen molar-refractivity contribution in [3.63, 3.8) is 0 Å². The Bertz CT molecular complexity index is 580. The normalized spacial score (nSPS) is 51.0. The number of Topliss-reactive ketones (excluding diaryl/α,β-unsaturated/α-hetero) is 1. The van der Waals surface area contributed by atoms with Crippen LogP contribution in [0.15, 0.2) is 11.6 Å². The molecule has 0 unspecified atom stereocenters. The van der Waals surface area contributed by atoms with E-state index in [4.69, 9.17) is 0 Å². The van der Waals surface area contributed by atoms with Gasteiger partial charge < -0.3 is 0 Å². The van der Waals surface area contributed by atoms with Crippen molar-refractivity contribution in [2.24, 2.45) is 28.6 Å². The van der Waals surface area contributed by atoms with Gasteiger partial charge in [0.1, 0.15) is 5.78 Å². The first kappa shape index (κ1) is 15.1. The quantitative estimate of drug-likeness (QED) is 0.594. The van der Waals surface area contributed by atoms with E-state index in [1.165, 1.54) is 5.57 Å². The molecule has 6 atom stereocenters. The molecule has 3 fully saturated rings. The number of fused-ring (bicyclic) bond motifs is 5. The number of rotatable bonds is 0. The highest BCUT2D eigenvalue weighted by molar-refractivity contribution is 9.09. The second-order valence-corrected chi connectivity index (χ2v) is 9.59. The van der Waals surface area contributed by atoms with Gasteiger partial charge in [0.05, 0.1) is 0 Å². The topological polar surface area (TPSA) is 34.1 Å². The smallest absolute Gasteiger partial charge is 0.155 e. The van der Waals surface area contributed by atoms with Gasteiger partial charge in [0.2, 0.25) is 0 Å². The van der Waals surface area contributed by atoms with Crippen LogP contribution >= 0.6 is 15.9 Å². The highest BCUT2D eigenvalue weighted by Gasteiger charge is 2.60. The molecule has 0 aromatic heterocycles. The first-order valence-electron chi connectivity index (χ1n) is 8.78. The van der Waals surface area contributed by atoms with E-state index in [9.17, 15) is 9.59 Å². The van der Waals surface area contributed by atoms with Crippen LogP contribution in [0.25, 0.3) is 0 Å². The zero-order valence-electron chi connectivity index (χ0n) is 13.5. The molecule has 0 aromatic carbocycles. The fourth-order valence-electron chi connectivity index (χ4n) is 6.33. The van der Waals surface area contributed by atoms with Crippen LogP contribution in [0, 0.1) is 28.6 Å². The van der Waals surface area contributed by atoms with E-state index in [1.807, 2.05) is 6.08 Å². The molecule has 0 amide bonds. The van der Waals surface area contributed by atoms with Gasteiger partial charge in [-0.25, -0.2) is 0 Å². The van der Waals surface area contributed by atoms with Crippen molar-refractivity contribution in [1.82, 2.24) is 0 Å². The number of ketones is 2. The molecule has 22 heavy (non-hydrogen) atoms. The third-order valence-electron chi connectivity index (χ3n) is 7.65. The number of hydrogen-bond acceptors (Lipinski definition) is 2. The van der Waals surface area contributed by atoms with Gasteiger partial charge in [-0.15, -0.1) is 0 Å². The molecule has 3 heteroatoms. The molecule has 0 heterocycles. The van der Waals surface area contributed by atoms with Gasteiger partial charge in [-0.05, 0) is 66.9 Å². The predicted molar refractivity (Wildman–Crippen MR) is 89.8 cm³/mol. The van der Waals surface area contributed by atoms with Gasteiger partial charge in [-0.2, -0.15) is 0 Å². The molecule has 0 radical (unpaired) electrons. The summed E-state index contributed by atoms with van der Waals surface area (Å²) in [4.78, 5) is 24.6. The van der Waals surface area contributed by atoms with Crippen LogP contribution in [-0.4, -0.2) is 16.4 Å². The van der Waals surface area contributed by atoms with Crippen molar-refractivity contribution in [2.45, 2.75) is 63.6 Å². The Balaban J connectivity index is 1.74. The minimum absolute atomic E-state index is 0.0596. The molecule has 120 valence electrons. The molecule has 0 saturated heterocycles. The van der Waals surface area contributed by atoms with E-state index in [1.54, 1.807) is 0 Å². The van der Waals surface area contributed by atoms with Gasteiger partial charge in [0.15, 0.2) is 5.78 Å². The zero-order chi connectivity index (χ0) is 15.7. The first-order valence-corrected chi connectivity index (χ1v) is 9.70. The Kier molecular flexibility index (Phi) is 3.28. The summed E-state index contributed by atoms with van der Waals surface area (Å²) in [5, 5.41) is 0. The lowest BCUT2D eigenvalue weighted by atomic mass is 9.47. The lowest BCUT2D eigenvalue weighted by molar-refractivity contribution is -0.132. The van der Waals surface area contributed by atoms with Crippen molar-refractivity contribution >= 4 is 27.5 Å². The zero-order valence-corrected chi connectivity index (χ0v) is 15.1. The second kappa shape index (κ2) is 4.78. The van der Waals surface area contributed by atoms with Crippen LogP contribution in [0.5, 0.6) is 0 Å². The SMILES string of the molecule is C[C@@]12CC[C@@H]3[C@H](C[C@@H](Br)C4=CC(=O)CC[C@]43C)[C@H]1CCC2=O. The number of carbonyl (C=O) groups is 2. The van der Waals surface area contributed by atoms with Crippen LogP contribution in [0.3, 0.4) is 0 Å². The molecule has 4 aliphatic carbocycles. The third kappa shape index (κ3) is 1.84. The van der Waals surface area contributed by atoms with E-state index in [2.05, 4.69) is 29.8 Å². The lowest BCUT2D eigenvalue weighted by Crippen LogP contribution is -2.53. The van der Waals surface area contributed by atoms with E-state index >= 15 is 0 Å². The van der Waals surface area contributed by atoms with Crippen LogP contribution in [-0.2, 0) is 9.59 Å². The summed E-state index contributed by atoms with van der Waals surface area (Å²) < 4.78 is 0. The van der Waals surface area contributed by atoms with E-state index in [0.29, 0.717) is 40.6 Å². The Morgan fingerprint density at radius 3 is 2.55 bits per heavy atom. The fraction of sp³-hybridized carbons (Fsp3) is 0.789. The standard InChI is InChI=1S/C19H25BrO2/c1-18-7-5-11(21)9-15(18)16(20)10-12-13-3-4-17(22)19(13,2)8-6-14(12)18/h9,12-14,16H,3-8,10H2,1-2H3/t12-,13-,14-,16-,18+,19-/m1/s1. The summed E-state index contributed by atoms with van der Waals surface area (Å²) in [6, 6.07) is 0. The van der Waals surface area contributed by atoms with Gasteiger partial charge in [0, 0.05) is 23.1 Å². The largest absolute Gasteiger partial charge is 0.299 e. The van der Waals surface area contributed by atoms with Gasteiger partial charge in [-0.3, -0.25) is 9.59 Å². The van der Waals surface area contributed by atoms with Crippen molar-refractivity contribution < 1.29 is 9.59 Å². The number of carbonyl (C=O) groups excluding carboxylic acids is 2. The van der Waals surface area contributed by atoms with Gasteiger partial charge in [-0.1, -0.05) is 29.8 Å². The Hall–Kier alpha value is -0.440. The average molecular weight is 365 g/mol. The Labute approximate surface area is 141 Å². The molecule has 3 saturated carbocycles. The molecule has 4 rings (SSSR count). The molecule has 0 aliphatic heterocycles. The van der Waals surface area contributed by atoms with Crippen molar-refractivity contribution in [3.8, 4) is 0 Å². The Morgan fingerprint density at radius 2 is 1.77 bits per heavy atom. The summed E-state index contributed by atoms with van der Waals surface area (Å²) in [6.07, 6.45) is 8.83. The molecule has 2 nitrogen and oxygen atoms in total. The summed E-state index contributed by atoms with van der Waals surface area (Å²) in [5.41, 5.74) is 1.45. The van der Waals surface area contributed by atoms with E-state index < -0.39 is 0 Å². The van der Waals surface area contributed by atoms with Crippen LogP contribution in [0.1, 0.15) is 58.8 Å². The highest BCUT2D eigenvalue weighted by atomic mass is 79.9. The Morgan fingerprint density at radius 1 is 1.05 bits per heavy atom. The molecule has 0 N–H and O–H groups in total. The molecular weight excluding hydrogens is 340 g/mol. The second-order valence-electron chi connectivity index (χ2n) is 8.48. The summed E-state index contributed by atoms with van der Waals surface area (Å²) >= 11 is 3.88. The average Bonchev–Trinajstić information content (AvgIpc) is 2.77. The molecule has 4 aliphatic rings. The third-order valence-corrected chi connectivity index (χ3v) is 8.51. The summed E-state index contributed by atoms with van der Waals surface area (Å²) in [7, 11) is 0. The summed E-state index contributed by atoms with van der Waals surface area (Å²) in [6.45, 7) is 4.61. The van der Waals surface area contributed by atoms with Gasteiger partial charge in [0.25, 0.3) is 0 Å². The van der Waals surface area contributed by atoms with Crippen molar-refractivity contribution in [1.29, 1.82) is 0 Å². The maximum Gasteiger partial charge on any atom is 0.155 e. The lowest BCUT2D eigenvalue weighted by Gasteiger charge is -2.58. The van der Waals surface area contributed by atoms with E-state index in [-0.39, 0.29) is 10.8 Å². The highest BCUT2D eigenvalue weighted by Crippen LogP contribution is 2.65. The predicted octanol–water partition coefficient (Wildman–Crippen LogP) is 4.46. The van der Waals surface area contributed by atoms with Crippen LogP contribution < -0.4 is 0 Å². The van der Waals surface area contributed by atoms with Crippen LogP contribution in [0.4, 0.5) is 0 Å². The number of allylic oxidation sites excluding steroid dienone is 1. The number of halogens is 1. The minimum Gasteiger partial charge on any atom is -0.299 e. The molecular formula is C19H25BrO2. The number of hydrogen-bond donors (Lipinski definition) is 0. The fourth-order valence-corrected chi connectivity index (χ4v) is 7.42. The molecule has 0 aromatic rings. The van der Waals surface area contributed by atoms with Crippen molar-refractivity contribution in [2.75, 3.05) is 0 Å².